The van der Waals surface area contributed by atoms with Crippen molar-refractivity contribution >= 4 is 5.69 Å². The monoisotopic (exact) mass is 204 g/mol. The summed E-state index contributed by atoms with van der Waals surface area (Å²) in [6.45, 7) is 6.74. The van der Waals surface area contributed by atoms with Gasteiger partial charge in [-0.15, -0.1) is 0 Å². The topological polar surface area (TPSA) is 15.3 Å². The molecule has 1 aliphatic heterocycles. The summed E-state index contributed by atoms with van der Waals surface area (Å²) >= 11 is 0. The Labute approximate surface area is 92.3 Å². The molecule has 1 heterocycles. The molecule has 0 saturated heterocycles. The maximum Gasteiger partial charge on any atom is 0.0402 e. The average molecular weight is 204 g/mol. The van der Waals surface area contributed by atoms with Crippen molar-refractivity contribution in [1.82, 2.24) is 5.32 Å². The zero-order valence-electron chi connectivity index (χ0n) is 9.83. The third-order valence-electron chi connectivity index (χ3n) is 3.53. The van der Waals surface area contributed by atoms with Crippen molar-refractivity contribution in [2.24, 2.45) is 0 Å². The van der Waals surface area contributed by atoms with Crippen molar-refractivity contribution in [3.8, 4) is 0 Å². The molecule has 0 spiro atoms. The molecule has 2 nitrogen and oxygen atoms in total. The van der Waals surface area contributed by atoms with Gasteiger partial charge in [0.25, 0.3) is 0 Å². The highest BCUT2D eigenvalue weighted by molar-refractivity contribution is 5.60. The summed E-state index contributed by atoms with van der Waals surface area (Å²) in [4.78, 5) is 2.47. The summed E-state index contributed by atoms with van der Waals surface area (Å²) in [5, 5.41) is 3.37. The molecule has 82 valence electrons. The van der Waals surface area contributed by atoms with Crippen molar-refractivity contribution in [2.45, 2.75) is 25.8 Å². The molecule has 0 aliphatic carbocycles. The minimum atomic E-state index is 0.544. The summed E-state index contributed by atoms with van der Waals surface area (Å²) < 4.78 is 0. The molecular formula is C13H20N2. The van der Waals surface area contributed by atoms with Crippen LogP contribution in [0.5, 0.6) is 0 Å². The van der Waals surface area contributed by atoms with Gasteiger partial charge in [-0.3, -0.25) is 0 Å². The Bertz CT molecular complexity index is 335. The number of nitrogens with one attached hydrogen (secondary N) is 1. The smallest absolute Gasteiger partial charge is 0.0402 e. The maximum atomic E-state index is 3.37. The third-order valence-corrected chi connectivity index (χ3v) is 3.53. The van der Waals surface area contributed by atoms with Gasteiger partial charge in [0.2, 0.25) is 0 Å². The van der Waals surface area contributed by atoms with E-state index >= 15 is 0 Å². The largest absolute Gasteiger partial charge is 0.371 e. The lowest BCUT2D eigenvalue weighted by atomic mass is 9.95. The van der Waals surface area contributed by atoms with Crippen LogP contribution < -0.4 is 10.2 Å². The zero-order valence-corrected chi connectivity index (χ0v) is 9.83. The molecule has 0 amide bonds. The molecule has 0 radical (unpaired) electrons. The van der Waals surface area contributed by atoms with E-state index in [2.05, 4.69) is 48.3 Å². The molecular weight excluding hydrogens is 184 g/mol. The highest BCUT2D eigenvalue weighted by atomic mass is 15.2. The van der Waals surface area contributed by atoms with E-state index in [1.165, 1.54) is 11.3 Å². The van der Waals surface area contributed by atoms with Crippen LogP contribution in [-0.2, 0) is 0 Å². The molecule has 1 N–H and O–H groups in total. The predicted molar refractivity (Wildman–Crippen MR) is 65.6 cm³/mol. The lowest BCUT2D eigenvalue weighted by molar-refractivity contribution is 0.509. The Morgan fingerprint density at radius 2 is 2.20 bits per heavy atom. The number of hydrogen-bond donors (Lipinski definition) is 1. The van der Waals surface area contributed by atoms with Crippen molar-refractivity contribution in [1.29, 1.82) is 0 Å². The minimum Gasteiger partial charge on any atom is -0.371 e. The molecule has 15 heavy (non-hydrogen) atoms. The third kappa shape index (κ3) is 1.74. The Morgan fingerprint density at radius 1 is 1.47 bits per heavy atom. The fourth-order valence-corrected chi connectivity index (χ4v) is 2.45. The number of likely N-dealkylation sites (N-methyl/N-ethyl adjacent to an activating group) is 2. The second-order valence-corrected chi connectivity index (χ2v) is 4.28. The summed E-state index contributed by atoms with van der Waals surface area (Å²) in [7, 11) is 2.04. The van der Waals surface area contributed by atoms with Crippen molar-refractivity contribution < 1.29 is 0 Å². The van der Waals surface area contributed by atoms with Crippen LogP contribution >= 0.6 is 0 Å². The number of para-hydroxylation sites is 1. The van der Waals surface area contributed by atoms with Gasteiger partial charge in [-0.2, -0.15) is 0 Å². The van der Waals surface area contributed by atoms with Gasteiger partial charge in [0, 0.05) is 30.7 Å². The first-order valence-corrected chi connectivity index (χ1v) is 5.79. The summed E-state index contributed by atoms with van der Waals surface area (Å²) in [5.74, 6) is 0.631. The molecule has 1 aliphatic rings. The first kappa shape index (κ1) is 10.5. The van der Waals surface area contributed by atoms with E-state index in [9.17, 15) is 0 Å². The number of anilines is 1. The van der Waals surface area contributed by atoms with Gasteiger partial charge in [0.1, 0.15) is 0 Å². The van der Waals surface area contributed by atoms with Crippen molar-refractivity contribution in [2.75, 3.05) is 25.0 Å². The van der Waals surface area contributed by atoms with E-state index in [-0.39, 0.29) is 0 Å². The highest BCUT2D eigenvalue weighted by Crippen LogP contribution is 2.37. The van der Waals surface area contributed by atoms with Gasteiger partial charge >= 0.3 is 0 Å². The van der Waals surface area contributed by atoms with E-state index in [4.69, 9.17) is 0 Å². The molecule has 1 aromatic rings. The minimum absolute atomic E-state index is 0.544. The number of benzene rings is 1. The summed E-state index contributed by atoms with van der Waals surface area (Å²) in [6, 6.07) is 9.33. The first-order valence-electron chi connectivity index (χ1n) is 5.79. The molecule has 2 unspecified atom stereocenters. The van der Waals surface area contributed by atoms with Crippen LogP contribution in [0.1, 0.15) is 25.3 Å². The van der Waals surface area contributed by atoms with Crippen LogP contribution in [0.2, 0.25) is 0 Å². The fraction of sp³-hybridized carbons (Fsp3) is 0.538. The Kier molecular flexibility index (Phi) is 2.96. The quantitative estimate of drug-likeness (QED) is 0.812. The average Bonchev–Trinajstić information content (AvgIpc) is 2.67. The predicted octanol–water partition coefficient (Wildman–Crippen LogP) is 2.22. The van der Waals surface area contributed by atoms with Crippen LogP contribution in [-0.4, -0.2) is 26.2 Å². The molecule has 2 rings (SSSR count). The van der Waals surface area contributed by atoms with Crippen molar-refractivity contribution in [3.63, 3.8) is 0 Å². The molecule has 1 aromatic carbocycles. The van der Waals surface area contributed by atoms with Gasteiger partial charge in [-0.25, -0.2) is 0 Å². The van der Waals surface area contributed by atoms with E-state index < -0.39 is 0 Å². The molecule has 0 fully saturated rings. The SMILES string of the molecule is CCN1CC(C(C)NC)c2ccccc21. The van der Waals surface area contributed by atoms with Gasteiger partial charge in [0.15, 0.2) is 0 Å². The Balaban J connectivity index is 2.33. The molecule has 0 bridgehead atoms. The van der Waals surface area contributed by atoms with Crippen LogP contribution in [0.25, 0.3) is 0 Å². The zero-order chi connectivity index (χ0) is 10.8. The Hall–Kier alpha value is -1.02. The van der Waals surface area contributed by atoms with Crippen LogP contribution in [0, 0.1) is 0 Å². The normalized spacial score (nSPS) is 21.5. The lowest BCUT2D eigenvalue weighted by Gasteiger charge is -2.20. The molecule has 0 aromatic heterocycles. The van der Waals surface area contributed by atoms with Crippen LogP contribution in [0.3, 0.4) is 0 Å². The number of fused-ring (bicyclic) bond motifs is 1. The standard InChI is InChI=1S/C13H20N2/c1-4-15-9-12(10(2)14-3)11-7-5-6-8-13(11)15/h5-8,10,12,14H,4,9H2,1-3H3. The van der Waals surface area contributed by atoms with Crippen LogP contribution in [0.4, 0.5) is 5.69 Å². The molecule has 0 saturated carbocycles. The van der Waals surface area contributed by atoms with E-state index in [1.807, 2.05) is 7.05 Å². The number of nitrogens with zero attached hydrogens (tertiary/aromatic N) is 1. The Morgan fingerprint density at radius 3 is 2.87 bits per heavy atom. The van der Waals surface area contributed by atoms with E-state index in [0.29, 0.717) is 12.0 Å². The second-order valence-electron chi connectivity index (χ2n) is 4.28. The van der Waals surface area contributed by atoms with E-state index in [0.717, 1.165) is 13.1 Å². The van der Waals surface area contributed by atoms with E-state index in [1.54, 1.807) is 0 Å². The lowest BCUT2D eigenvalue weighted by Crippen LogP contribution is -2.32. The first-order chi connectivity index (χ1) is 7.27. The van der Waals surface area contributed by atoms with Gasteiger partial charge in [-0.05, 0) is 32.5 Å². The maximum absolute atomic E-state index is 3.37. The fourth-order valence-electron chi connectivity index (χ4n) is 2.45. The summed E-state index contributed by atoms with van der Waals surface area (Å²) in [6.07, 6.45) is 0. The van der Waals surface area contributed by atoms with Crippen molar-refractivity contribution in [3.05, 3.63) is 29.8 Å². The van der Waals surface area contributed by atoms with Crippen LogP contribution in [0.15, 0.2) is 24.3 Å². The molecule has 2 atom stereocenters. The van der Waals surface area contributed by atoms with Gasteiger partial charge in [-0.1, -0.05) is 18.2 Å². The van der Waals surface area contributed by atoms with Gasteiger partial charge < -0.3 is 10.2 Å². The number of hydrogen-bond acceptors (Lipinski definition) is 2. The summed E-state index contributed by atoms with van der Waals surface area (Å²) in [5.41, 5.74) is 2.92. The number of rotatable bonds is 3. The second kappa shape index (κ2) is 4.23. The highest BCUT2D eigenvalue weighted by Gasteiger charge is 2.30. The molecule has 2 heteroatoms. The van der Waals surface area contributed by atoms with Gasteiger partial charge in [0.05, 0.1) is 0 Å².